The van der Waals surface area contributed by atoms with Crippen LogP contribution in [-0.2, 0) is 0 Å². The molecule has 0 bridgehead atoms. The van der Waals surface area contributed by atoms with Crippen LogP contribution >= 0.6 is 0 Å². The van der Waals surface area contributed by atoms with Crippen LogP contribution < -0.4 is 0 Å². The maximum Gasteiger partial charge on any atom is -0.0174 e. The van der Waals surface area contributed by atoms with Crippen molar-refractivity contribution in [3.05, 3.63) is 23.8 Å². The zero-order valence-electron chi connectivity index (χ0n) is 9.50. The Labute approximate surface area is 88.1 Å². The van der Waals surface area contributed by atoms with Crippen LogP contribution in [0.1, 0.15) is 46.0 Å². The molecule has 0 aromatic heterocycles. The van der Waals surface area contributed by atoms with Gasteiger partial charge in [0.15, 0.2) is 0 Å². The molecule has 0 N–H and O–H groups in total. The average Bonchev–Trinajstić information content (AvgIpc) is 2.47. The molecule has 0 aromatic rings. The zero-order valence-corrected chi connectivity index (χ0v) is 9.50. The Morgan fingerprint density at radius 2 is 2.07 bits per heavy atom. The van der Waals surface area contributed by atoms with Crippen LogP contribution in [0.25, 0.3) is 0 Å². The molecule has 1 saturated carbocycles. The average molecular weight is 190 g/mol. The lowest BCUT2D eigenvalue weighted by Gasteiger charge is -2.20. The third kappa shape index (κ3) is 1.94. The number of hydrogen-bond acceptors (Lipinski definition) is 0. The van der Waals surface area contributed by atoms with Gasteiger partial charge in [-0.25, -0.2) is 0 Å². The van der Waals surface area contributed by atoms with Gasteiger partial charge in [-0.05, 0) is 49.9 Å². The molecule has 2 atom stereocenters. The lowest BCUT2D eigenvalue weighted by molar-refractivity contribution is 0.451. The summed E-state index contributed by atoms with van der Waals surface area (Å²) in [7, 11) is 0. The van der Waals surface area contributed by atoms with E-state index in [9.17, 15) is 0 Å². The maximum absolute atomic E-state index is 2.42. The quantitative estimate of drug-likeness (QED) is 0.577. The predicted octanol–water partition coefficient (Wildman–Crippen LogP) is 4.34. The number of rotatable bonds is 1. The van der Waals surface area contributed by atoms with Gasteiger partial charge in [-0.2, -0.15) is 0 Å². The van der Waals surface area contributed by atoms with Crippen molar-refractivity contribution in [1.29, 1.82) is 0 Å². The van der Waals surface area contributed by atoms with Gasteiger partial charge in [-0.3, -0.25) is 0 Å². The van der Waals surface area contributed by atoms with E-state index in [0.717, 1.165) is 17.8 Å². The molecule has 0 nitrogen and oxygen atoms in total. The summed E-state index contributed by atoms with van der Waals surface area (Å²) in [5.74, 6) is 2.63. The molecule has 0 heterocycles. The summed E-state index contributed by atoms with van der Waals surface area (Å²) in [5, 5.41) is 0. The molecule has 0 aromatic carbocycles. The summed E-state index contributed by atoms with van der Waals surface area (Å²) in [6.45, 7) is 4.74. The van der Waals surface area contributed by atoms with Crippen LogP contribution in [0, 0.1) is 17.8 Å². The van der Waals surface area contributed by atoms with Crippen molar-refractivity contribution in [3.63, 3.8) is 0 Å². The molecule has 2 rings (SSSR count). The molecule has 0 aliphatic heterocycles. The summed E-state index contributed by atoms with van der Waals surface area (Å²) in [4.78, 5) is 0. The fourth-order valence-corrected chi connectivity index (χ4v) is 3.06. The summed E-state index contributed by atoms with van der Waals surface area (Å²) < 4.78 is 0. The highest BCUT2D eigenvalue weighted by molar-refractivity contribution is 5.23. The number of hydrogen-bond donors (Lipinski definition) is 0. The minimum atomic E-state index is 0.832. The van der Waals surface area contributed by atoms with Crippen LogP contribution in [0.3, 0.4) is 0 Å². The monoisotopic (exact) mass is 190 g/mol. The molecule has 2 aliphatic carbocycles. The van der Waals surface area contributed by atoms with Crippen molar-refractivity contribution in [2.45, 2.75) is 46.0 Å². The minimum absolute atomic E-state index is 0.832. The molecule has 0 radical (unpaired) electrons. The Kier molecular flexibility index (Phi) is 3.10. The highest BCUT2D eigenvalue weighted by atomic mass is 14.4. The van der Waals surface area contributed by atoms with Gasteiger partial charge in [0.1, 0.15) is 0 Å². The van der Waals surface area contributed by atoms with Gasteiger partial charge in [-0.1, -0.05) is 37.6 Å². The summed E-state index contributed by atoms with van der Waals surface area (Å²) in [6.07, 6.45) is 14.0. The molecule has 0 spiro atoms. The lowest BCUT2D eigenvalue weighted by atomic mass is 9.85. The van der Waals surface area contributed by atoms with Crippen molar-refractivity contribution < 1.29 is 0 Å². The molecule has 14 heavy (non-hydrogen) atoms. The van der Waals surface area contributed by atoms with Crippen molar-refractivity contribution >= 4 is 0 Å². The Morgan fingerprint density at radius 3 is 2.86 bits per heavy atom. The molecular weight excluding hydrogens is 168 g/mol. The number of fused-ring (bicyclic) bond motifs is 1. The minimum Gasteiger partial charge on any atom is -0.0845 e. The van der Waals surface area contributed by atoms with Crippen LogP contribution in [0.5, 0.6) is 0 Å². The highest BCUT2D eigenvalue weighted by Gasteiger charge is 2.31. The fraction of sp³-hybridized carbons (Fsp3) is 0.714. The van der Waals surface area contributed by atoms with Gasteiger partial charge in [0.2, 0.25) is 0 Å². The first-order valence-electron chi connectivity index (χ1n) is 6.15. The molecule has 0 saturated heterocycles. The Bertz CT molecular complexity index is 245. The first-order valence-corrected chi connectivity index (χ1v) is 6.15. The van der Waals surface area contributed by atoms with Crippen LogP contribution in [-0.4, -0.2) is 0 Å². The Hall–Kier alpha value is -0.520. The second kappa shape index (κ2) is 4.33. The SMILES string of the molecule is CC(C)C1CCC2CCC/C=C\C=C21. The van der Waals surface area contributed by atoms with E-state index >= 15 is 0 Å². The van der Waals surface area contributed by atoms with E-state index in [2.05, 4.69) is 32.1 Å². The normalized spacial score (nSPS) is 34.6. The van der Waals surface area contributed by atoms with E-state index in [1.807, 2.05) is 0 Å². The Morgan fingerprint density at radius 1 is 1.21 bits per heavy atom. The van der Waals surface area contributed by atoms with E-state index in [1.165, 1.54) is 32.1 Å². The molecule has 2 aliphatic rings. The van der Waals surface area contributed by atoms with Crippen LogP contribution in [0.4, 0.5) is 0 Å². The maximum atomic E-state index is 2.42. The van der Waals surface area contributed by atoms with Crippen LogP contribution in [0.2, 0.25) is 0 Å². The summed E-state index contributed by atoms with van der Waals surface area (Å²) in [6, 6.07) is 0. The second-order valence-corrected chi connectivity index (χ2v) is 5.15. The molecular formula is C14H22. The van der Waals surface area contributed by atoms with Crippen molar-refractivity contribution in [2.24, 2.45) is 17.8 Å². The van der Waals surface area contributed by atoms with E-state index in [1.54, 1.807) is 5.57 Å². The van der Waals surface area contributed by atoms with E-state index in [-0.39, 0.29) is 0 Å². The molecule has 0 amide bonds. The fourth-order valence-electron chi connectivity index (χ4n) is 3.06. The predicted molar refractivity (Wildman–Crippen MR) is 62.1 cm³/mol. The van der Waals surface area contributed by atoms with E-state index < -0.39 is 0 Å². The molecule has 2 unspecified atom stereocenters. The van der Waals surface area contributed by atoms with Crippen molar-refractivity contribution in [1.82, 2.24) is 0 Å². The highest BCUT2D eigenvalue weighted by Crippen LogP contribution is 2.43. The van der Waals surface area contributed by atoms with Crippen molar-refractivity contribution in [3.8, 4) is 0 Å². The van der Waals surface area contributed by atoms with Gasteiger partial charge in [-0.15, -0.1) is 0 Å². The van der Waals surface area contributed by atoms with Gasteiger partial charge in [0, 0.05) is 0 Å². The van der Waals surface area contributed by atoms with E-state index in [0.29, 0.717) is 0 Å². The first-order chi connectivity index (χ1) is 6.79. The van der Waals surface area contributed by atoms with Gasteiger partial charge >= 0.3 is 0 Å². The van der Waals surface area contributed by atoms with Crippen molar-refractivity contribution in [2.75, 3.05) is 0 Å². The summed E-state index contributed by atoms with van der Waals surface area (Å²) >= 11 is 0. The third-order valence-electron chi connectivity index (χ3n) is 3.88. The topological polar surface area (TPSA) is 0 Å². The third-order valence-corrected chi connectivity index (χ3v) is 3.88. The zero-order chi connectivity index (χ0) is 9.97. The van der Waals surface area contributed by atoms with Gasteiger partial charge in [0.05, 0.1) is 0 Å². The van der Waals surface area contributed by atoms with E-state index in [4.69, 9.17) is 0 Å². The lowest BCUT2D eigenvalue weighted by Crippen LogP contribution is -2.09. The largest absolute Gasteiger partial charge is 0.0845 e. The number of allylic oxidation sites excluding steroid dienone is 4. The van der Waals surface area contributed by atoms with Crippen LogP contribution in [0.15, 0.2) is 23.8 Å². The molecule has 0 heteroatoms. The molecule has 78 valence electrons. The van der Waals surface area contributed by atoms with Gasteiger partial charge in [0.25, 0.3) is 0 Å². The first kappa shape index (κ1) is 10.0. The van der Waals surface area contributed by atoms with Gasteiger partial charge < -0.3 is 0 Å². The molecule has 1 fully saturated rings. The second-order valence-electron chi connectivity index (χ2n) is 5.15. The Balaban J connectivity index is 2.18. The standard InChI is InChI=1S/C14H22/c1-11(2)13-10-9-12-7-5-3-4-6-8-14(12)13/h4,6,8,11-13H,3,5,7,9-10H2,1-2H3/b6-4-,14-8?. The smallest absolute Gasteiger partial charge is 0.0174 e. The summed E-state index contributed by atoms with van der Waals surface area (Å²) in [5.41, 5.74) is 1.76.